The SMILES string of the molecule is O=c1[nH]nc(Sc2nc3c(=O)[nH]cnc3n2C2OC(CO)C(O)C2O)c(=O)[nH]1. The summed E-state index contributed by atoms with van der Waals surface area (Å²) in [5.74, 6) is 0. The molecule has 0 aliphatic carbocycles. The molecule has 0 amide bonds. The molecule has 4 atom stereocenters. The van der Waals surface area contributed by atoms with Crippen LogP contribution in [0.15, 0.2) is 30.9 Å². The maximum atomic E-state index is 12.1. The Bertz CT molecular complexity index is 1200. The molecule has 148 valence electrons. The zero-order valence-electron chi connectivity index (χ0n) is 13.8. The fraction of sp³-hybridized carbons (Fsp3) is 0.385. The number of aromatic amines is 3. The quantitative estimate of drug-likeness (QED) is 0.249. The average molecular weight is 411 g/mol. The van der Waals surface area contributed by atoms with Gasteiger partial charge in [0.15, 0.2) is 27.6 Å². The molecule has 0 radical (unpaired) electrons. The molecule has 4 heterocycles. The molecule has 3 aromatic rings. The Morgan fingerprint density at radius 2 is 2.00 bits per heavy atom. The zero-order chi connectivity index (χ0) is 20.0. The van der Waals surface area contributed by atoms with Gasteiger partial charge in [0.2, 0.25) is 0 Å². The fourth-order valence-corrected chi connectivity index (χ4v) is 3.62. The molecule has 15 heteroatoms. The second-order valence-electron chi connectivity index (χ2n) is 5.81. The summed E-state index contributed by atoms with van der Waals surface area (Å²) in [6, 6.07) is 0. The zero-order valence-corrected chi connectivity index (χ0v) is 14.6. The highest BCUT2D eigenvalue weighted by atomic mass is 32.2. The van der Waals surface area contributed by atoms with Crippen molar-refractivity contribution in [3.8, 4) is 0 Å². The lowest BCUT2D eigenvalue weighted by Crippen LogP contribution is -2.33. The van der Waals surface area contributed by atoms with Crippen molar-refractivity contribution in [3.05, 3.63) is 37.5 Å². The molecule has 1 aliphatic rings. The van der Waals surface area contributed by atoms with E-state index >= 15 is 0 Å². The molecule has 14 nitrogen and oxygen atoms in total. The van der Waals surface area contributed by atoms with Gasteiger partial charge >= 0.3 is 5.69 Å². The van der Waals surface area contributed by atoms with Crippen molar-refractivity contribution in [1.29, 1.82) is 0 Å². The minimum Gasteiger partial charge on any atom is -0.394 e. The van der Waals surface area contributed by atoms with Crippen LogP contribution in [0.1, 0.15) is 6.23 Å². The monoisotopic (exact) mass is 411 g/mol. The Morgan fingerprint density at radius 1 is 1.21 bits per heavy atom. The van der Waals surface area contributed by atoms with Crippen LogP contribution < -0.4 is 16.8 Å². The first-order chi connectivity index (χ1) is 13.4. The second-order valence-corrected chi connectivity index (χ2v) is 6.77. The molecule has 0 aromatic carbocycles. The number of aliphatic hydroxyl groups is 3. The number of aromatic nitrogens is 7. The Labute approximate surface area is 157 Å². The van der Waals surface area contributed by atoms with Crippen LogP contribution >= 0.6 is 11.8 Å². The lowest BCUT2D eigenvalue weighted by molar-refractivity contribution is -0.0548. The first kappa shape index (κ1) is 18.5. The van der Waals surface area contributed by atoms with Gasteiger partial charge < -0.3 is 25.0 Å². The van der Waals surface area contributed by atoms with Crippen molar-refractivity contribution < 1.29 is 20.1 Å². The normalized spacial score (nSPS) is 24.8. The number of aliphatic hydroxyl groups excluding tert-OH is 3. The van der Waals surface area contributed by atoms with Gasteiger partial charge in [-0.15, -0.1) is 0 Å². The van der Waals surface area contributed by atoms with Crippen LogP contribution in [0.5, 0.6) is 0 Å². The van der Waals surface area contributed by atoms with E-state index in [0.717, 1.165) is 6.33 Å². The number of nitrogens with one attached hydrogen (secondary N) is 3. The van der Waals surface area contributed by atoms with Gasteiger partial charge in [0.05, 0.1) is 12.9 Å². The number of nitrogens with zero attached hydrogens (tertiary/aromatic N) is 4. The number of hydrogen-bond acceptors (Lipinski definition) is 11. The lowest BCUT2D eigenvalue weighted by atomic mass is 10.1. The summed E-state index contributed by atoms with van der Waals surface area (Å²) in [7, 11) is 0. The topological polar surface area (TPSA) is 212 Å². The van der Waals surface area contributed by atoms with Gasteiger partial charge in [-0.2, -0.15) is 5.10 Å². The first-order valence-corrected chi connectivity index (χ1v) is 8.67. The van der Waals surface area contributed by atoms with Gasteiger partial charge in [-0.25, -0.2) is 19.9 Å². The highest BCUT2D eigenvalue weighted by molar-refractivity contribution is 7.99. The maximum Gasteiger partial charge on any atom is 0.342 e. The van der Waals surface area contributed by atoms with Crippen molar-refractivity contribution in [2.45, 2.75) is 34.7 Å². The van der Waals surface area contributed by atoms with Gasteiger partial charge in [0.25, 0.3) is 11.1 Å². The molecular weight excluding hydrogens is 398 g/mol. The number of rotatable bonds is 4. The second kappa shape index (κ2) is 6.95. The Hall–Kier alpha value is -2.85. The Morgan fingerprint density at radius 3 is 2.68 bits per heavy atom. The van der Waals surface area contributed by atoms with Gasteiger partial charge in [0.1, 0.15) is 18.3 Å². The van der Waals surface area contributed by atoms with E-state index in [2.05, 4.69) is 25.1 Å². The molecule has 4 rings (SSSR count). The van der Waals surface area contributed by atoms with Crippen LogP contribution in [0, 0.1) is 0 Å². The summed E-state index contributed by atoms with van der Waals surface area (Å²) in [5, 5.41) is 35.2. The number of ether oxygens (including phenoxy) is 1. The predicted molar refractivity (Wildman–Crippen MR) is 90.8 cm³/mol. The summed E-state index contributed by atoms with van der Waals surface area (Å²) in [6.07, 6.45) is -4.09. The summed E-state index contributed by atoms with van der Waals surface area (Å²) in [5.41, 5.74) is -2.27. The van der Waals surface area contributed by atoms with Gasteiger partial charge in [-0.05, 0) is 11.8 Å². The van der Waals surface area contributed by atoms with Gasteiger partial charge in [-0.3, -0.25) is 19.1 Å². The van der Waals surface area contributed by atoms with E-state index in [-0.39, 0.29) is 21.3 Å². The van der Waals surface area contributed by atoms with Crippen molar-refractivity contribution in [3.63, 3.8) is 0 Å². The molecule has 28 heavy (non-hydrogen) atoms. The fourth-order valence-electron chi connectivity index (χ4n) is 2.79. The predicted octanol–water partition coefficient (Wildman–Crippen LogP) is -3.35. The summed E-state index contributed by atoms with van der Waals surface area (Å²) in [6.45, 7) is -0.557. The van der Waals surface area contributed by atoms with Crippen molar-refractivity contribution in [2.75, 3.05) is 6.61 Å². The van der Waals surface area contributed by atoms with E-state index in [4.69, 9.17) is 4.74 Å². The van der Waals surface area contributed by atoms with Crippen molar-refractivity contribution >= 4 is 22.9 Å². The van der Waals surface area contributed by atoms with Crippen LogP contribution in [0.3, 0.4) is 0 Å². The molecule has 1 aliphatic heterocycles. The Kier molecular flexibility index (Phi) is 4.60. The smallest absolute Gasteiger partial charge is 0.342 e. The van der Waals surface area contributed by atoms with Crippen LogP contribution in [0.4, 0.5) is 0 Å². The van der Waals surface area contributed by atoms with E-state index < -0.39 is 48.0 Å². The third-order valence-corrected chi connectivity index (χ3v) is 5.03. The van der Waals surface area contributed by atoms with Crippen LogP contribution in [-0.2, 0) is 4.74 Å². The first-order valence-electron chi connectivity index (χ1n) is 7.85. The molecule has 4 unspecified atom stereocenters. The third-order valence-electron chi connectivity index (χ3n) is 4.09. The molecule has 6 N–H and O–H groups in total. The molecular formula is C13H13N7O7S. The number of imidazole rings is 1. The van der Waals surface area contributed by atoms with Crippen LogP contribution in [-0.4, -0.2) is 74.9 Å². The highest BCUT2D eigenvalue weighted by Crippen LogP contribution is 2.35. The van der Waals surface area contributed by atoms with E-state index in [1.54, 1.807) is 0 Å². The van der Waals surface area contributed by atoms with Crippen molar-refractivity contribution in [1.82, 2.24) is 34.7 Å². The van der Waals surface area contributed by atoms with Crippen LogP contribution in [0.2, 0.25) is 0 Å². The molecule has 1 saturated heterocycles. The molecule has 0 saturated carbocycles. The number of fused-ring (bicyclic) bond motifs is 1. The number of H-pyrrole nitrogens is 3. The molecule has 0 spiro atoms. The molecule has 0 bridgehead atoms. The van der Waals surface area contributed by atoms with E-state index in [9.17, 15) is 29.7 Å². The third kappa shape index (κ3) is 2.94. The molecule has 3 aromatic heterocycles. The minimum absolute atomic E-state index is 0.0147. The van der Waals surface area contributed by atoms with Crippen LogP contribution in [0.25, 0.3) is 11.2 Å². The van der Waals surface area contributed by atoms with Crippen molar-refractivity contribution in [2.24, 2.45) is 0 Å². The van der Waals surface area contributed by atoms with Gasteiger partial charge in [0, 0.05) is 0 Å². The van der Waals surface area contributed by atoms with Gasteiger partial charge in [-0.1, -0.05) is 0 Å². The standard InChI is InChI=1S/C13H13N7O7S/c21-1-3-5(22)6(23)11(27-3)20-7-4(8(24)15-2-14-7)16-13(20)28-10-9(25)17-12(26)19-18-10/h2-3,5-6,11,21-23H,1H2,(H,14,15,24)(H2,17,19,25,26). The summed E-state index contributed by atoms with van der Waals surface area (Å²) < 4.78 is 6.71. The maximum absolute atomic E-state index is 12.1. The largest absolute Gasteiger partial charge is 0.394 e. The number of hydrogen-bond donors (Lipinski definition) is 6. The van der Waals surface area contributed by atoms with E-state index in [0.29, 0.717) is 11.8 Å². The summed E-state index contributed by atoms with van der Waals surface area (Å²) in [4.78, 5) is 47.7. The highest BCUT2D eigenvalue weighted by Gasteiger charge is 2.45. The van der Waals surface area contributed by atoms with E-state index in [1.165, 1.54) is 4.57 Å². The molecule has 1 fully saturated rings. The summed E-state index contributed by atoms with van der Waals surface area (Å²) >= 11 is 0.682. The average Bonchev–Trinajstić information content (AvgIpc) is 3.16. The van der Waals surface area contributed by atoms with E-state index in [1.807, 2.05) is 4.98 Å². The Balaban J connectivity index is 1.88. The minimum atomic E-state index is -1.48. The lowest BCUT2D eigenvalue weighted by Gasteiger charge is -2.18.